The first-order chi connectivity index (χ1) is 11.1. The van der Waals surface area contributed by atoms with Crippen molar-refractivity contribution >= 4 is 34.8 Å². The van der Waals surface area contributed by atoms with Crippen molar-refractivity contribution in [3.63, 3.8) is 0 Å². The van der Waals surface area contributed by atoms with E-state index in [0.717, 1.165) is 11.3 Å². The Morgan fingerprint density at radius 1 is 0.957 bits per heavy atom. The Labute approximate surface area is 139 Å². The number of amides is 2. The van der Waals surface area contributed by atoms with Gasteiger partial charge in [0.25, 0.3) is 11.8 Å². The number of anilines is 2. The van der Waals surface area contributed by atoms with Crippen molar-refractivity contribution in [3.8, 4) is 0 Å². The molecule has 5 heteroatoms. The highest BCUT2D eigenvalue weighted by atomic mass is 35.5. The molecule has 1 aliphatic heterocycles. The molecule has 0 aliphatic carbocycles. The molecule has 23 heavy (non-hydrogen) atoms. The lowest BCUT2D eigenvalue weighted by Crippen LogP contribution is -2.32. The molecule has 0 saturated heterocycles. The number of carbonyl (C=O) groups excluding carboxylic acids is 2. The Hall–Kier alpha value is -2.59. The van der Waals surface area contributed by atoms with E-state index in [2.05, 4.69) is 12.2 Å². The molecule has 0 saturated carbocycles. The molecule has 116 valence electrons. The third kappa shape index (κ3) is 2.85. The lowest BCUT2D eigenvalue weighted by atomic mass is 10.1. The van der Waals surface area contributed by atoms with Crippen LogP contribution < -0.4 is 10.2 Å². The third-order valence-electron chi connectivity index (χ3n) is 3.67. The fourth-order valence-electron chi connectivity index (χ4n) is 2.39. The Balaban J connectivity index is 1.87. The van der Waals surface area contributed by atoms with Gasteiger partial charge in [0.1, 0.15) is 10.7 Å². The Morgan fingerprint density at radius 3 is 2.22 bits per heavy atom. The monoisotopic (exact) mass is 326 g/mol. The summed E-state index contributed by atoms with van der Waals surface area (Å²) in [6.45, 7) is 2.07. The molecular weight excluding hydrogens is 312 g/mol. The van der Waals surface area contributed by atoms with Gasteiger partial charge in [0.05, 0.1) is 5.69 Å². The van der Waals surface area contributed by atoms with Gasteiger partial charge < -0.3 is 5.32 Å². The van der Waals surface area contributed by atoms with Crippen molar-refractivity contribution in [1.82, 2.24) is 0 Å². The molecule has 1 heterocycles. The van der Waals surface area contributed by atoms with Crippen LogP contribution in [0.5, 0.6) is 0 Å². The summed E-state index contributed by atoms with van der Waals surface area (Å²) in [5.74, 6) is -0.971. The predicted octanol–water partition coefficient (Wildman–Crippen LogP) is 3.68. The molecule has 0 aromatic heterocycles. The van der Waals surface area contributed by atoms with Crippen LogP contribution in [0, 0.1) is 0 Å². The zero-order chi connectivity index (χ0) is 16.4. The average Bonchev–Trinajstić information content (AvgIpc) is 2.80. The van der Waals surface area contributed by atoms with Gasteiger partial charge in [-0.05, 0) is 36.2 Å². The number of nitrogens with zero attached hydrogens (tertiary/aromatic N) is 1. The maximum Gasteiger partial charge on any atom is 0.283 e. The van der Waals surface area contributed by atoms with Gasteiger partial charge in [0.15, 0.2) is 0 Å². The summed E-state index contributed by atoms with van der Waals surface area (Å²) in [7, 11) is 0. The summed E-state index contributed by atoms with van der Waals surface area (Å²) < 4.78 is 0. The minimum absolute atomic E-state index is 0.0987. The molecule has 1 N–H and O–H groups in total. The van der Waals surface area contributed by atoms with Crippen LogP contribution in [0.2, 0.25) is 0 Å². The second-order valence-corrected chi connectivity index (χ2v) is 5.52. The van der Waals surface area contributed by atoms with Gasteiger partial charge in [0, 0.05) is 5.69 Å². The molecule has 2 amide bonds. The van der Waals surface area contributed by atoms with Crippen LogP contribution in [0.4, 0.5) is 11.4 Å². The highest BCUT2D eigenvalue weighted by Crippen LogP contribution is 2.29. The van der Waals surface area contributed by atoms with Gasteiger partial charge in [-0.25, -0.2) is 4.90 Å². The van der Waals surface area contributed by atoms with Crippen molar-refractivity contribution in [1.29, 1.82) is 0 Å². The second-order valence-electron chi connectivity index (χ2n) is 5.15. The van der Waals surface area contributed by atoms with Crippen LogP contribution in [0.15, 0.2) is 65.3 Å². The summed E-state index contributed by atoms with van der Waals surface area (Å²) in [6.07, 6.45) is 0.933. The van der Waals surface area contributed by atoms with E-state index >= 15 is 0 Å². The van der Waals surface area contributed by atoms with Crippen LogP contribution in [0.25, 0.3) is 0 Å². The third-order valence-corrected chi connectivity index (χ3v) is 4.02. The van der Waals surface area contributed by atoms with E-state index < -0.39 is 11.8 Å². The fourth-order valence-corrected chi connectivity index (χ4v) is 2.60. The quantitative estimate of drug-likeness (QED) is 0.872. The Kier molecular flexibility index (Phi) is 4.17. The van der Waals surface area contributed by atoms with Gasteiger partial charge in [-0.3, -0.25) is 9.59 Å². The van der Waals surface area contributed by atoms with Crippen molar-refractivity contribution in [3.05, 3.63) is 70.9 Å². The van der Waals surface area contributed by atoms with Gasteiger partial charge in [-0.15, -0.1) is 0 Å². The maximum atomic E-state index is 12.6. The highest BCUT2D eigenvalue weighted by molar-refractivity contribution is 6.53. The number of carbonyl (C=O) groups is 2. The number of halogens is 1. The molecule has 3 rings (SSSR count). The van der Waals surface area contributed by atoms with E-state index in [1.165, 1.54) is 5.56 Å². The molecular formula is C18H15ClN2O2. The summed E-state index contributed by atoms with van der Waals surface area (Å²) in [5, 5.41) is 2.86. The molecule has 0 fully saturated rings. The zero-order valence-electron chi connectivity index (χ0n) is 12.5. The second kappa shape index (κ2) is 6.26. The number of hydrogen-bond acceptors (Lipinski definition) is 3. The number of para-hydroxylation sites is 1. The fraction of sp³-hybridized carbons (Fsp3) is 0.111. The first-order valence-electron chi connectivity index (χ1n) is 7.31. The van der Waals surface area contributed by atoms with Crippen molar-refractivity contribution in [2.24, 2.45) is 0 Å². The molecule has 0 radical (unpaired) electrons. The van der Waals surface area contributed by atoms with Crippen molar-refractivity contribution in [2.45, 2.75) is 13.3 Å². The lowest BCUT2D eigenvalue weighted by Gasteiger charge is -2.14. The summed E-state index contributed by atoms with van der Waals surface area (Å²) in [6, 6.07) is 16.4. The lowest BCUT2D eigenvalue weighted by molar-refractivity contribution is -0.120. The van der Waals surface area contributed by atoms with Gasteiger partial charge in [-0.2, -0.15) is 0 Å². The van der Waals surface area contributed by atoms with Crippen LogP contribution in [0.1, 0.15) is 12.5 Å². The van der Waals surface area contributed by atoms with Crippen LogP contribution in [0.3, 0.4) is 0 Å². The molecule has 0 spiro atoms. The first-order valence-corrected chi connectivity index (χ1v) is 7.69. The maximum absolute atomic E-state index is 12.6. The minimum atomic E-state index is -0.518. The molecule has 2 aromatic rings. The van der Waals surface area contributed by atoms with E-state index in [-0.39, 0.29) is 10.7 Å². The molecule has 4 nitrogen and oxygen atoms in total. The minimum Gasteiger partial charge on any atom is -0.350 e. The van der Waals surface area contributed by atoms with E-state index in [1.807, 2.05) is 30.3 Å². The number of aryl methyl sites for hydroxylation is 1. The van der Waals surface area contributed by atoms with E-state index in [0.29, 0.717) is 11.4 Å². The Morgan fingerprint density at radius 2 is 1.61 bits per heavy atom. The first kappa shape index (κ1) is 15.3. The molecule has 1 aliphatic rings. The largest absolute Gasteiger partial charge is 0.350 e. The standard InChI is InChI=1S/C18H15ClN2O2/c1-2-12-8-10-13(11-9-12)20-16-15(19)17(22)21(18(16)23)14-6-4-3-5-7-14/h3-11,20H,2H2,1H3. The molecule has 0 bridgehead atoms. The Bertz CT molecular complexity index is 782. The predicted molar refractivity (Wildman–Crippen MR) is 91.3 cm³/mol. The zero-order valence-corrected chi connectivity index (χ0v) is 13.3. The van der Waals surface area contributed by atoms with Gasteiger partial charge >= 0.3 is 0 Å². The number of benzene rings is 2. The molecule has 0 unspecified atom stereocenters. The smallest absolute Gasteiger partial charge is 0.283 e. The highest BCUT2D eigenvalue weighted by Gasteiger charge is 2.38. The van der Waals surface area contributed by atoms with E-state index in [9.17, 15) is 9.59 Å². The van der Waals surface area contributed by atoms with Crippen LogP contribution in [-0.2, 0) is 16.0 Å². The number of imide groups is 1. The topological polar surface area (TPSA) is 49.4 Å². The van der Waals surface area contributed by atoms with E-state index in [4.69, 9.17) is 11.6 Å². The molecule has 0 atom stereocenters. The van der Waals surface area contributed by atoms with Crippen LogP contribution in [-0.4, -0.2) is 11.8 Å². The SMILES string of the molecule is CCc1ccc(NC2=C(Cl)C(=O)N(c3ccccc3)C2=O)cc1. The van der Waals surface area contributed by atoms with E-state index in [1.54, 1.807) is 24.3 Å². The van der Waals surface area contributed by atoms with Crippen molar-refractivity contribution < 1.29 is 9.59 Å². The number of hydrogen-bond donors (Lipinski definition) is 1. The van der Waals surface area contributed by atoms with Gasteiger partial charge in [0.2, 0.25) is 0 Å². The normalized spacial score (nSPS) is 14.6. The summed E-state index contributed by atoms with van der Waals surface area (Å²) >= 11 is 6.08. The van der Waals surface area contributed by atoms with Gasteiger partial charge in [-0.1, -0.05) is 48.9 Å². The summed E-state index contributed by atoms with van der Waals surface area (Å²) in [4.78, 5) is 25.9. The summed E-state index contributed by atoms with van der Waals surface area (Å²) in [5.41, 5.74) is 2.50. The number of rotatable bonds is 4. The van der Waals surface area contributed by atoms with Crippen LogP contribution >= 0.6 is 11.6 Å². The van der Waals surface area contributed by atoms with Crippen molar-refractivity contribution in [2.75, 3.05) is 10.2 Å². The molecule has 2 aromatic carbocycles. The number of nitrogens with one attached hydrogen (secondary N) is 1. The average molecular weight is 327 g/mol.